The molecular weight excluding hydrogens is 375 g/mol. The molecule has 1 heterocycles. The van der Waals surface area contributed by atoms with E-state index in [2.05, 4.69) is 5.32 Å². The summed E-state index contributed by atoms with van der Waals surface area (Å²) in [5.41, 5.74) is 1.56. The zero-order chi connectivity index (χ0) is 19.4. The van der Waals surface area contributed by atoms with E-state index >= 15 is 0 Å². The fourth-order valence-corrected chi connectivity index (χ4v) is 2.68. The molecule has 1 aliphatic heterocycles. The van der Waals surface area contributed by atoms with Gasteiger partial charge >= 0.3 is 5.97 Å². The number of carbonyl (C=O) groups is 3. The molecule has 0 bridgehead atoms. The minimum atomic E-state index is -0.751. The van der Waals surface area contributed by atoms with Gasteiger partial charge in [-0.1, -0.05) is 29.8 Å². The number of anilines is 2. The number of fused-ring (bicyclic) bond motifs is 1. The molecule has 2 amide bonds. The summed E-state index contributed by atoms with van der Waals surface area (Å²) in [6, 6.07) is 10.8. The van der Waals surface area contributed by atoms with Crippen LogP contribution in [0.2, 0.25) is 5.02 Å². The second-order valence-corrected chi connectivity index (χ2v) is 6.07. The number of amides is 2. The van der Waals surface area contributed by atoms with Crippen LogP contribution in [-0.4, -0.2) is 30.9 Å². The maximum absolute atomic E-state index is 13.1. The van der Waals surface area contributed by atoms with E-state index in [0.717, 1.165) is 6.08 Å². The highest BCUT2D eigenvalue weighted by atomic mass is 35.5. The van der Waals surface area contributed by atoms with Crippen molar-refractivity contribution < 1.29 is 23.5 Å². The van der Waals surface area contributed by atoms with Crippen LogP contribution < -0.4 is 10.2 Å². The van der Waals surface area contributed by atoms with Gasteiger partial charge in [-0.05, 0) is 35.9 Å². The van der Waals surface area contributed by atoms with Gasteiger partial charge in [-0.2, -0.15) is 0 Å². The first-order valence-corrected chi connectivity index (χ1v) is 8.31. The first kappa shape index (κ1) is 18.6. The fourth-order valence-electron chi connectivity index (χ4n) is 2.49. The van der Waals surface area contributed by atoms with Crippen molar-refractivity contribution in [3.63, 3.8) is 0 Å². The van der Waals surface area contributed by atoms with E-state index in [1.807, 2.05) is 0 Å². The van der Waals surface area contributed by atoms with Crippen molar-refractivity contribution in [3.05, 3.63) is 64.9 Å². The predicted octanol–water partition coefficient (Wildman–Crippen LogP) is 3.02. The molecule has 8 heteroatoms. The standard InChI is InChI=1S/C19H14ClFN2O4/c20-13-9-12(5-7-14(13)21)6-8-19(26)27-11-18(25)23-10-17(24)22-15-3-1-2-4-16(15)23/h1-9H,10-11H2,(H,22,24)/b8-6+. The summed E-state index contributed by atoms with van der Waals surface area (Å²) in [6.07, 6.45) is 2.50. The topological polar surface area (TPSA) is 75.7 Å². The van der Waals surface area contributed by atoms with Gasteiger partial charge < -0.3 is 10.1 Å². The Morgan fingerprint density at radius 3 is 2.81 bits per heavy atom. The Morgan fingerprint density at radius 1 is 1.26 bits per heavy atom. The summed E-state index contributed by atoms with van der Waals surface area (Å²) < 4.78 is 18.0. The number of halogens is 2. The van der Waals surface area contributed by atoms with Gasteiger partial charge in [0.2, 0.25) is 5.91 Å². The lowest BCUT2D eigenvalue weighted by molar-refractivity contribution is -0.143. The second kappa shape index (κ2) is 8.01. The number of ether oxygens (including phenoxy) is 1. The molecule has 0 spiro atoms. The Kier molecular flexibility index (Phi) is 5.52. The molecule has 0 radical (unpaired) electrons. The molecule has 0 saturated heterocycles. The number of rotatable bonds is 4. The van der Waals surface area contributed by atoms with Crippen LogP contribution >= 0.6 is 11.6 Å². The molecule has 6 nitrogen and oxygen atoms in total. The zero-order valence-electron chi connectivity index (χ0n) is 13.9. The largest absolute Gasteiger partial charge is 0.452 e. The SMILES string of the molecule is O=C1CN(C(=O)COC(=O)/C=C/c2ccc(F)c(Cl)c2)c2ccccc2N1. The van der Waals surface area contributed by atoms with Crippen molar-refractivity contribution in [1.82, 2.24) is 0 Å². The minimum absolute atomic E-state index is 0.0669. The molecule has 1 aliphatic rings. The fraction of sp³-hybridized carbons (Fsp3) is 0.105. The molecule has 0 saturated carbocycles. The van der Waals surface area contributed by atoms with Crippen LogP contribution in [-0.2, 0) is 19.1 Å². The lowest BCUT2D eigenvalue weighted by Gasteiger charge is -2.28. The molecule has 0 aliphatic carbocycles. The van der Waals surface area contributed by atoms with Crippen LogP contribution in [0.15, 0.2) is 48.5 Å². The highest BCUT2D eigenvalue weighted by Gasteiger charge is 2.26. The third kappa shape index (κ3) is 4.51. The molecule has 0 unspecified atom stereocenters. The number of carbonyl (C=O) groups excluding carboxylic acids is 3. The summed E-state index contributed by atoms with van der Waals surface area (Å²) in [5.74, 6) is -2.17. The highest BCUT2D eigenvalue weighted by Crippen LogP contribution is 2.28. The monoisotopic (exact) mass is 388 g/mol. The molecular formula is C19H14ClFN2O4. The third-order valence-electron chi connectivity index (χ3n) is 3.77. The van der Waals surface area contributed by atoms with Crippen molar-refractivity contribution in [1.29, 1.82) is 0 Å². The molecule has 3 rings (SSSR count). The average molecular weight is 389 g/mol. The molecule has 2 aromatic rings. The summed E-state index contributed by atoms with van der Waals surface area (Å²) in [4.78, 5) is 37.1. The van der Waals surface area contributed by atoms with Gasteiger partial charge in [-0.3, -0.25) is 14.5 Å². The van der Waals surface area contributed by atoms with E-state index in [1.165, 1.54) is 29.2 Å². The average Bonchev–Trinajstić information content (AvgIpc) is 2.66. The van der Waals surface area contributed by atoms with E-state index in [1.54, 1.807) is 24.3 Å². The summed E-state index contributed by atoms with van der Waals surface area (Å²) >= 11 is 5.66. The number of benzene rings is 2. The zero-order valence-corrected chi connectivity index (χ0v) is 14.7. The smallest absolute Gasteiger partial charge is 0.331 e. The van der Waals surface area contributed by atoms with Crippen LogP contribution in [0.4, 0.5) is 15.8 Å². The number of hydrogen-bond donors (Lipinski definition) is 1. The maximum atomic E-state index is 13.1. The summed E-state index contributed by atoms with van der Waals surface area (Å²) in [7, 11) is 0. The van der Waals surface area contributed by atoms with Gasteiger partial charge in [-0.25, -0.2) is 9.18 Å². The van der Waals surface area contributed by atoms with Crippen molar-refractivity contribution in [2.75, 3.05) is 23.4 Å². The molecule has 0 fully saturated rings. The summed E-state index contributed by atoms with van der Waals surface area (Å²) in [6.45, 7) is -0.674. The van der Waals surface area contributed by atoms with Crippen molar-refractivity contribution in [2.24, 2.45) is 0 Å². The normalized spacial score (nSPS) is 13.3. The van der Waals surface area contributed by atoms with E-state index in [-0.39, 0.29) is 17.5 Å². The van der Waals surface area contributed by atoms with Crippen molar-refractivity contribution in [2.45, 2.75) is 0 Å². The van der Waals surface area contributed by atoms with Gasteiger partial charge in [-0.15, -0.1) is 0 Å². The molecule has 1 N–H and O–H groups in total. The number of nitrogens with zero attached hydrogens (tertiary/aromatic N) is 1. The molecule has 27 heavy (non-hydrogen) atoms. The lowest BCUT2D eigenvalue weighted by atomic mass is 10.2. The van der Waals surface area contributed by atoms with Gasteiger partial charge in [0.05, 0.1) is 16.4 Å². The number of hydrogen-bond acceptors (Lipinski definition) is 4. The van der Waals surface area contributed by atoms with E-state index < -0.39 is 24.3 Å². The van der Waals surface area contributed by atoms with Crippen LogP contribution in [0.5, 0.6) is 0 Å². The van der Waals surface area contributed by atoms with Gasteiger partial charge in [0.15, 0.2) is 6.61 Å². The number of nitrogens with one attached hydrogen (secondary N) is 1. The van der Waals surface area contributed by atoms with Gasteiger partial charge in [0.1, 0.15) is 12.4 Å². The summed E-state index contributed by atoms with van der Waals surface area (Å²) in [5, 5.41) is 2.60. The Balaban J connectivity index is 1.60. The Morgan fingerprint density at radius 2 is 2.04 bits per heavy atom. The van der Waals surface area contributed by atoms with Crippen LogP contribution in [0.1, 0.15) is 5.56 Å². The Labute approximate surface area is 159 Å². The van der Waals surface area contributed by atoms with Crippen LogP contribution in [0, 0.1) is 5.82 Å². The number of para-hydroxylation sites is 2. The van der Waals surface area contributed by atoms with Gasteiger partial charge in [0, 0.05) is 6.08 Å². The van der Waals surface area contributed by atoms with E-state index in [4.69, 9.17) is 16.3 Å². The number of esters is 1. The van der Waals surface area contributed by atoms with Crippen molar-refractivity contribution in [3.8, 4) is 0 Å². The first-order chi connectivity index (χ1) is 12.9. The molecule has 0 aromatic heterocycles. The van der Waals surface area contributed by atoms with E-state index in [9.17, 15) is 18.8 Å². The van der Waals surface area contributed by atoms with Crippen molar-refractivity contribution >= 4 is 46.8 Å². The Hall–Kier alpha value is -3.19. The van der Waals surface area contributed by atoms with Crippen LogP contribution in [0.25, 0.3) is 6.08 Å². The molecule has 138 valence electrons. The van der Waals surface area contributed by atoms with E-state index in [0.29, 0.717) is 16.9 Å². The minimum Gasteiger partial charge on any atom is -0.452 e. The highest BCUT2D eigenvalue weighted by molar-refractivity contribution is 6.30. The van der Waals surface area contributed by atoms with Gasteiger partial charge in [0.25, 0.3) is 5.91 Å². The first-order valence-electron chi connectivity index (χ1n) is 7.93. The predicted molar refractivity (Wildman–Crippen MR) is 98.8 cm³/mol. The molecule has 2 aromatic carbocycles. The maximum Gasteiger partial charge on any atom is 0.331 e. The Bertz CT molecular complexity index is 945. The third-order valence-corrected chi connectivity index (χ3v) is 4.05. The van der Waals surface area contributed by atoms with Crippen LogP contribution in [0.3, 0.4) is 0 Å². The molecule has 0 atom stereocenters. The lowest BCUT2D eigenvalue weighted by Crippen LogP contribution is -2.43. The second-order valence-electron chi connectivity index (χ2n) is 5.66. The quantitative estimate of drug-likeness (QED) is 0.645.